The van der Waals surface area contributed by atoms with E-state index in [0.29, 0.717) is 49.7 Å². The first-order valence-corrected chi connectivity index (χ1v) is 14.0. The van der Waals surface area contributed by atoms with Crippen LogP contribution in [0.1, 0.15) is 34.3 Å². The number of benzene rings is 2. The smallest absolute Gasteiger partial charge is 0.255 e. The minimum atomic E-state index is -3.32. The Kier molecular flexibility index (Phi) is 6.63. The highest BCUT2D eigenvalue weighted by molar-refractivity contribution is 7.92. The van der Waals surface area contributed by atoms with Gasteiger partial charge in [-0.15, -0.1) is 0 Å². The van der Waals surface area contributed by atoms with Crippen LogP contribution in [-0.4, -0.2) is 74.4 Å². The Morgan fingerprint density at radius 3 is 2.41 bits per heavy atom. The number of imide groups is 1. The lowest BCUT2D eigenvalue weighted by molar-refractivity contribution is -0.136. The number of rotatable bonds is 6. The monoisotopic (exact) mass is 529 g/mol. The van der Waals surface area contributed by atoms with Crippen molar-refractivity contribution in [2.24, 2.45) is 0 Å². The maximum atomic E-state index is 15.1. The van der Waals surface area contributed by atoms with Crippen LogP contribution >= 0.6 is 0 Å². The number of anilines is 2. The van der Waals surface area contributed by atoms with Crippen LogP contribution < -0.4 is 14.9 Å². The molecule has 1 atom stereocenters. The molecule has 12 heteroatoms. The molecule has 37 heavy (non-hydrogen) atoms. The normalized spacial score (nSPS) is 20.7. The predicted octanol–water partition coefficient (Wildman–Crippen LogP) is 1.28. The summed E-state index contributed by atoms with van der Waals surface area (Å²) in [5.41, 5.74) is 2.93. The van der Waals surface area contributed by atoms with Crippen molar-refractivity contribution in [3.63, 3.8) is 0 Å². The van der Waals surface area contributed by atoms with Gasteiger partial charge >= 0.3 is 0 Å². The van der Waals surface area contributed by atoms with Crippen molar-refractivity contribution in [2.45, 2.75) is 32.0 Å². The van der Waals surface area contributed by atoms with Crippen LogP contribution in [-0.2, 0) is 32.7 Å². The Bertz CT molecular complexity index is 1360. The molecule has 0 radical (unpaired) electrons. The van der Waals surface area contributed by atoms with Crippen LogP contribution in [0.3, 0.4) is 0 Å². The van der Waals surface area contributed by atoms with Crippen LogP contribution in [0.25, 0.3) is 0 Å². The molecular weight excluding hydrogens is 501 g/mol. The number of piperazine rings is 1. The molecule has 2 aromatic carbocycles. The van der Waals surface area contributed by atoms with E-state index in [4.69, 9.17) is 0 Å². The van der Waals surface area contributed by atoms with E-state index in [1.54, 1.807) is 18.2 Å². The first kappa shape index (κ1) is 25.2. The molecule has 0 spiro atoms. The lowest BCUT2D eigenvalue weighted by atomic mass is 10.0. The highest BCUT2D eigenvalue weighted by Crippen LogP contribution is 2.33. The summed E-state index contributed by atoms with van der Waals surface area (Å²) < 4.78 is 40.3. The van der Waals surface area contributed by atoms with Gasteiger partial charge in [-0.25, -0.2) is 12.8 Å². The number of nitrogens with one attached hydrogen (secondary N) is 2. The summed E-state index contributed by atoms with van der Waals surface area (Å²) in [6.45, 7) is 3.53. The zero-order valence-electron chi connectivity index (χ0n) is 20.4. The highest BCUT2D eigenvalue weighted by atomic mass is 32.2. The average Bonchev–Trinajstić information content (AvgIpc) is 3.14. The SMILES string of the molecule is CS(=O)(=O)Nc1ccc(CN2CCN(c3cc4c(cc3F)C(=O)N(C3CCC(=O)NC3=O)C4)CC2)cc1. The summed E-state index contributed by atoms with van der Waals surface area (Å²) in [6.07, 6.45) is 1.54. The predicted molar refractivity (Wildman–Crippen MR) is 135 cm³/mol. The molecule has 2 aromatic rings. The van der Waals surface area contributed by atoms with Crippen molar-refractivity contribution in [1.82, 2.24) is 15.1 Å². The summed E-state index contributed by atoms with van der Waals surface area (Å²) in [5.74, 6) is -1.70. The molecular formula is C25H28FN5O5S. The van der Waals surface area contributed by atoms with E-state index in [1.165, 1.54) is 11.0 Å². The molecule has 0 bridgehead atoms. The van der Waals surface area contributed by atoms with E-state index in [2.05, 4.69) is 14.9 Å². The van der Waals surface area contributed by atoms with Crippen molar-refractivity contribution >= 4 is 39.1 Å². The van der Waals surface area contributed by atoms with Gasteiger partial charge in [0, 0.05) is 56.9 Å². The Labute approximate surface area is 214 Å². The zero-order valence-corrected chi connectivity index (χ0v) is 21.2. The average molecular weight is 530 g/mol. The van der Waals surface area contributed by atoms with Gasteiger partial charge in [0.05, 0.1) is 11.9 Å². The van der Waals surface area contributed by atoms with Gasteiger partial charge in [-0.2, -0.15) is 0 Å². The first-order chi connectivity index (χ1) is 17.6. The van der Waals surface area contributed by atoms with Gasteiger partial charge in [0.25, 0.3) is 5.91 Å². The molecule has 2 N–H and O–H groups in total. The molecule has 1 unspecified atom stereocenters. The second kappa shape index (κ2) is 9.75. The van der Waals surface area contributed by atoms with Crippen molar-refractivity contribution in [3.8, 4) is 0 Å². The van der Waals surface area contributed by atoms with Gasteiger partial charge in [-0.3, -0.25) is 29.3 Å². The molecule has 196 valence electrons. The maximum absolute atomic E-state index is 15.1. The number of amides is 3. The van der Waals surface area contributed by atoms with E-state index in [9.17, 15) is 22.8 Å². The number of halogens is 1. The molecule has 3 amide bonds. The molecule has 3 aliphatic rings. The molecule has 0 saturated carbocycles. The number of hydrogen-bond donors (Lipinski definition) is 2. The summed E-state index contributed by atoms with van der Waals surface area (Å²) in [5, 5.41) is 2.28. The molecule has 2 saturated heterocycles. The molecule has 2 fully saturated rings. The molecule has 10 nitrogen and oxygen atoms in total. The topological polar surface area (TPSA) is 119 Å². The van der Waals surface area contributed by atoms with Crippen molar-refractivity contribution < 1.29 is 27.2 Å². The minimum absolute atomic E-state index is 0.169. The molecule has 3 heterocycles. The minimum Gasteiger partial charge on any atom is -0.367 e. The third-order valence-corrected chi connectivity index (χ3v) is 7.57. The van der Waals surface area contributed by atoms with Crippen LogP contribution in [0.4, 0.5) is 15.8 Å². The Morgan fingerprint density at radius 1 is 1.05 bits per heavy atom. The van der Waals surface area contributed by atoms with E-state index in [0.717, 1.165) is 11.8 Å². The fraction of sp³-hybridized carbons (Fsp3) is 0.400. The number of piperidine rings is 1. The van der Waals surface area contributed by atoms with E-state index < -0.39 is 33.7 Å². The third-order valence-electron chi connectivity index (χ3n) is 6.97. The number of carbonyl (C=O) groups is 3. The first-order valence-electron chi connectivity index (χ1n) is 12.1. The number of nitrogens with zero attached hydrogens (tertiary/aromatic N) is 3. The van der Waals surface area contributed by atoms with Gasteiger partial charge in [0.2, 0.25) is 21.8 Å². The summed E-state index contributed by atoms with van der Waals surface area (Å²) in [4.78, 5) is 42.3. The van der Waals surface area contributed by atoms with Crippen LogP contribution in [0.5, 0.6) is 0 Å². The van der Waals surface area contributed by atoms with Crippen molar-refractivity contribution in [2.75, 3.05) is 42.1 Å². The molecule has 3 aliphatic heterocycles. The third kappa shape index (κ3) is 5.44. The second-order valence-corrected chi connectivity index (χ2v) is 11.4. The second-order valence-electron chi connectivity index (χ2n) is 9.70. The number of sulfonamides is 1. The Balaban J connectivity index is 1.21. The standard InChI is InChI=1S/C25H28FN5O5S/c1-37(35,36)28-18-4-2-16(3-5-18)14-29-8-10-30(11-9-29)22-12-17-15-31(25(34)19(17)13-20(22)26)21-6-7-23(32)27-24(21)33/h2-5,12-13,21,28H,6-11,14-15H2,1H3,(H,27,32,33). The summed E-state index contributed by atoms with van der Waals surface area (Å²) in [7, 11) is -3.32. The van der Waals surface area contributed by atoms with Crippen LogP contribution in [0.2, 0.25) is 0 Å². The van der Waals surface area contributed by atoms with Crippen LogP contribution in [0, 0.1) is 5.82 Å². The van der Waals surface area contributed by atoms with E-state index >= 15 is 4.39 Å². The van der Waals surface area contributed by atoms with Gasteiger partial charge < -0.3 is 9.80 Å². The summed E-state index contributed by atoms with van der Waals surface area (Å²) in [6, 6.07) is 9.45. The lowest BCUT2D eigenvalue weighted by Crippen LogP contribution is -2.52. The fourth-order valence-electron chi connectivity index (χ4n) is 5.12. The number of fused-ring (bicyclic) bond motifs is 1. The molecule has 5 rings (SSSR count). The highest BCUT2D eigenvalue weighted by Gasteiger charge is 2.40. The van der Waals surface area contributed by atoms with Gasteiger partial charge in [0.15, 0.2) is 0 Å². The van der Waals surface area contributed by atoms with Crippen molar-refractivity contribution in [3.05, 3.63) is 58.9 Å². The zero-order chi connectivity index (χ0) is 26.3. The van der Waals surface area contributed by atoms with Crippen LogP contribution in [0.15, 0.2) is 36.4 Å². The fourth-order valence-corrected chi connectivity index (χ4v) is 5.68. The van der Waals surface area contributed by atoms with Gasteiger partial charge in [0.1, 0.15) is 11.9 Å². The number of hydrogen-bond acceptors (Lipinski definition) is 7. The Morgan fingerprint density at radius 2 is 1.76 bits per heavy atom. The largest absolute Gasteiger partial charge is 0.367 e. The molecule has 0 aliphatic carbocycles. The van der Waals surface area contributed by atoms with E-state index in [-0.39, 0.29) is 30.9 Å². The Hall–Kier alpha value is -3.51. The molecule has 0 aromatic heterocycles. The maximum Gasteiger partial charge on any atom is 0.255 e. The van der Waals surface area contributed by atoms with Gasteiger partial charge in [-0.1, -0.05) is 12.1 Å². The number of carbonyl (C=O) groups excluding carboxylic acids is 3. The summed E-state index contributed by atoms with van der Waals surface area (Å²) >= 11 is 0. The van der Waals surface area contributed by atoms with Crippen molar-refractivity contribution in [1.29, 1.82) is 0 Å². The van der Waals surface area contributed by atoms with E-state index in [1.807, 2.05) is 17.0 Å². The van der Waals surface area contributed by atoms with Gasteiger partial charge in [-0.05, 0) is 41.8 Å². The lowest BCUT2D eigenvalue weighted by Gasteiger charge is -2.36. The quantitative estimate of drug-likeness (QED) is 0.541.